The predicted molar refractivity (Wildman–Crippen MR) is 116 cm³/mol. The van der Waals surface area contributed by atoms with Crippen molar-refractivity contribution in [2.45, 2.75) is 19.8 Å². The Balaban J connectivity index is 1.85. The van der Waals surface area contributed by atoms with E-state index in [0.717, 1.165) is 0 Å². The van der Waals surface area contributed by atoms with Crippen molar-refractivity contribution in [1.29, 1.82) is 0 Å². The Labute approximate surface area is 179 Å². The Morgan fingerprint density at radius 2 is 1.71 bits per heavy atom. The highest BCUT2D eigenvalue weighted by molar-refractivity contribution is 5.94. The van der Waals surface area contributed by atoms with E-state index >= 15 is 0 Å². The predicted octanol–water partition coefficient (Wildman–Crippen LogP) is 2.96. The number of methoxy groups -OCH3 is 1. The van der Waals surface area contributed by atoms with Gasteiger partial charge in [-0.3, -0.25) is 18.7 Å². The zero-order chi connectivity index (χ0) is 22.5. The van der Waals surface area contributed by atoms with Crippen LogP contribution >= 0.6 is 0 Å². The van der Waals surface area contributed by atoms with Crippen LogP contribution in [0.15, 0.2) is 41.2 Å². The summed E-state index contributed by atoms with van der Waals surface area (Å²) in [6, 6.07) is 10.5. The lowest BCUT2D eigenvalue weighted by Crippen LogP contribution is -2.19. The second-order valence-corrected chi connectivity index (χ2v) is 7.02. The minimum atomic E-state index is -0.281. The number of carbonyl (C=O) groups excluding carboxylic acids is 2. The Bertz CT molecular complexity index is 1180. The second kappa shape index (κ2) is 9.38. The molecule has 0 aliphatic carbocycles. The summed E-state index contributed by atoms with van der Waals surface area (Å²) in [6.45, 7) is 1.76. The van der Waals surface area contributed by atoms with Crippen molar-refractivity contribution in [2.24, 2.45) is 14.1 Å². The first-order chi connectivity index (χ1) is 14.8. The van der Waals surface area contributed by atoms with Crippen molar-refractivity contribution in [1.82, 2.24) is 9.13 Å². The standard InChI is InChI=1S/C22H25N3O6/c1-14(26)23-17-12-18-19(25(3)22(28)24(18)2)13-20(17)31-16-8-5-7-15(11-16)30-10-6-9-21(27)29-4/h5,7-8,11-13H,6,9-10H2,1-4H3,(H,23,26). The van der Waals surface area contributed by atoms with Crippen molar-refractivity contribution in [3.05, 3.63) is 46.9 Å². The first-order valence-corrected chi connectivity index (χ1v) is 9.74. The van der Waals surface area contributed by atoms with Gasteiger partial charge >= 0.3 is 11.7 Å². The maximum atomic E-state index is 12.3. The molecule has 1 aromatic heterocycles. The van der Waals surface area contributed by atoms with Gasteiger partial charge in [-0.05, 0) is 24.6 Å². The van der Waals surface area contributed by atoms with Crippen LogP contribution in [0.5, 0.6) is 17.2 Å². The monoisotopic (exact) mass is 427 g/mol. The molecule has 0 spiro atoms. The Morgan fingerprint density at radius 3 is 2.39 bits per heavy atom. The number of nitrogens with zero attached hydrogens (tertiary/aromatic N) is 2. The first kappa shape index (κ1) is 21.9. The zero-order valence-corrected chi connectivity index (χ0v) is 17.9. The molecule has 3 aromatic rings. The number of anilines is 1. The number of amides is 1. The van der Waals surface area contributed by atoms with Crippen LogP contribution in [0.4, 0.5) is 5.69 Å². The minimum absolute atomic E-state index is 0.178. The molecule has 9 nitrogen and oxygen atoms in total. The fraction of sp³-hybridized carbons (Fsp3) is 0.318. The molecule has 0 radical (unpaired) electrons. The van der Waals surface area contributed by atoms with Gasteiger partial charge in [0.2, 0.25) is 5.91 Å². The minimum Gasteiger partial charge on any atom is -0.493 e. The van der Waals surface area contributed by atoms with Crippen LogP contribution in [-0.4, -0.2) is 34.7 Å². The molecule has 9 heteroatoms. The summed E-state index contributed by atoms with van der Waals surface area (Å²) < 4.78 is 19.3. The van der Waals surface area contributed by atoms with Crippen molar-refractivity contribution in [3.8, 4) is 17.2 Å². The molecule has 0 atom stereocenters. The molecule has 0 aliphatic heterocycles. The molecule has 0 aliphatic rings. The van der Waals surface area contributed by atoms with E-state index in [1.54, 1.807) is 50.5 Å². The van der Waals surface area contributed by atoms with Gasteiger partial charge in [0.25, 0.3) is 0 Å². The summed E-state index contributed by atoms with van der Waals surface area (Å²) in [5.74, 6) is 0.936. The fourth-order valence-corrected chi connectivity index (χ4v) is 3.16. The maximum absolute atomic E-state index is 12.3. The highest BCUT2D eigenvalue weighted by atomic mass is 16.5. The molecule has 3 rings (SSSR count). The van der Waals surface area contributed by atoms with Crippen molar-refractivity contribution >= 4 is 28.6 Å². The number of hydrogen-bond donors (Lipinski definition) is 1. The number of ether oxygens (including phenoxy) is 3. The highest BCUT2D eigenvalue weighted by Crippen LogP contribution is 2.34. The average molecular weight is 427 g/mol. The summed E-state index contributed by atoms with van der Waals surface area (Å²) >= 11 is 0. The number of benzene rings is 2. The number of esters is 1. The first-order valence-electron chi connectivity index (χ1n) is 9.74. The SMILES string of the molecule is COC(=O)CCCOc1cccc(Oc2cc3c(cc2NC(C)=O)n(C)c(=O)n3C)c1. The van der Waals surface area contributed by atoms with Crippen LogP contribution in [0.2, 0.25) is 0 Å². The van der Waals surface area contributed by atoms with E-state index in [1.165, 1.54) is 23.2 Å². The number of imidazole rings is 1. The van der Waals surface area contributed by atoms with E-state index in [2.05, 4.69) is 10.1 Å². The molecule has 0 bridgehead atoms. The summed E-state index contributed by atoms with van der Waals surface area (Å²) in [4.78, 5) is 35.1. The number of carbonyl (C=O) groups is 2. The van der Waals surface area contributed by atoms with E-state index in [0.29, 0.717) is 47.0 Å². The molecule has 0 unspecified atom stereocenters. The molecule has 0 saturated carbocycles. The number of rotatable bonds is 8. The summed E-state index contributed by atoms with van der Waals surface area (Å²) in [6.07, 6.45) is 0.811. The maximum Gasteiger partial charge on any atom is 0.328 e. The van der Waals surface area contributed by atoms with Gasteiger partial charge in [-0.2, -0.15) is 0 Å². The van der Waals surface area contributed by atoms with E-state index in [9.17, 15) is 14.4 Å². The third-order valence-electron chi connectivity index (χ3n) is 4.74. The topological polar surface area (TPSA) is 101 Å². The van der Waals surface area contributed by atoms with Crippen LogP contribution in [0.1, 0.15) is 19.8 Å². The molecule has 1 amide bonds. The number of nitrogens with one attached hydrogen (secondary N) is 1. The van der Waals surface area contributed by atoms with Crippen molar-refractivity contribution < 1.29 is 23.8 Å². The van der Waals surface area contributed by atoms with Gasteiger partial charge < -0.3 is 19.5 Å². The smallest absolute Gasteiger partial charge is 0.328 e. The average Bonchev–Trinajstić information content (AvgIpc) is 2.95. The molecule has 2 aromatic carbocycles. The fourth-order valence-electron chi connectivity index (χ4n) is 3.16. The number of aryl methyl sites for hydroxylation is 2. The Morgan fingerprint density at radius 1 is 1.03 bits per heavy atom. The van der Waals surface area contributed by atoms with E-state index in [4.69, 9.17) is 9.47 Å². The molecule has 1 N–H and O–H groups in total. The number of aromatic nitrogens is 2. The number of fused-ring (bicyclic) bond motifs is 1. The Kier molecular flexibility index (Phi) is 6.64. The molecule has 31 heavy (non-hydrogen) atoms. The van der Waals surface area contributed by atoms with Crippen LogP contribution in [0.3, 0.4) is 0 Å². The van der Waals surface area contributed by atoms with Crippen molar-refractivity contribution in [2.75, 3.05) is 19.0 Å². The second-order valence-electron chi connectivity index (χ2n) is 7.02. The van der Waals surface area contributed by atoms with Crippen molar-refractivity contribution in [3.63, 3.8) is 0 Å². The van der Waals surface area contributed by atoms with E-state index in [1.807, 2.05) is 0 Å². The molecule has 0 saturated heterocycles. The zero-order valence-electron chi connectivity index (χ0n) is 17.9. The van der Waals surface area contributed by atoms with Gasteiger partial charge in [-0.15, -0.1) is 0 Å². The third kappa shape index (κ3) is 5.06. The lowest BCUT2D eigenvalue weighted by molar-refractivity contribution is -0.140. The highest BCUT2D eigenvalue weighted by Gasteiger charge is 2.15. The van der Waals surface area contributed by atoms with Gasteiger partial charge in [0.1, 0.15) is 11.5 Å². The number of hydrogen-bond acceptors (Lipinski definition) is 6. The Hall–Kier alpha value is -3.75. The van der Waals surface area contributed by atoms with Gasteiger partial charge in [-0.25, -0.2) is 4.79 Å². The molecule has 164 valence electrons. The van der Waals surface area contributed by atoms with Gasteiger partial charge in [0, 0.05) is 39.6 Å². The van der Waals surface area contributed by atoms with Crippen LogP contribution < -0.4 is 20.5 Å². The quantitative estimate of drug-likeness (QED) is 0.438. The van der Waals surface area contributed by atoms with Gasteiger partial charge in [0.05, 0.1) is 30.4 Å². The summed E-state index contributed by atoms with van der Waals surface area (Å²) in [5, 5.41) is 2.75. The lowest BCUT2D eigenvalue weighted by atomic mass is 10.2. The molecular weight excluding hydrogens is 402 g/mol. The molecule has 0 fully saturated rings. The van der Waals surface area contributed by atoms with Gasteiger partial charge in [0.15, 0.2) is 5.75 Å². The third-order valence-corrected chi connectivity index (χ3v) is 4.74. The largest absolute Gasteiger partial charge is 0.493 e. The normalized spacial score (nSPS) is 10.7. The van der Waals surface area contributed by atoms with Crippen LogP contribution in [0.25, 0.3) is 11.0 Å². The van der Waals surface area contributed by atoms with E-state index in [-0.39, 0.29) is 24.0 Å². The van der Waals surface area contributed by atoms with Crippen LogP contribution in [-0.2, 0) is 28.4 Å². The lowest BCUT2D eigenvalue weighted by Gasteiger charge is -2.13. The summed E-state index contributed by atoms with van der Waals surface area (Å²) in [7, 11) is 4.70. The summed E-state index contributed by atoms with van der Waals surface area (Å²) in [5.41, 5.74) is 1.62. The molecule has 1 heterocycles. The van der Waals surface area contributed by atoms with E-state index < -0.39 is 0 Å². The van der Waals surface area contributed by atoms with Crippen LogP contribution in [0, 0.1) is 0 Å². The van der Waals surface area contributed by atoms with Gasteiger partial charge in [-0.1, -0.05) is 6.07 Å². The molecular formula is C22H25N3O6.